The average Bonchev–Trinajstić information content (AvgIpc) is 2.90. The van der Waals surface area contributed by atoms with E-state index < -0.39 is 0 Å². The van der Waals surface area contributed by atoms with Gasteiger partial charge in [-0.25, -0.2) is 0 Å². The van der Waals surface area contributed by atoms with Crippen LogP contribution in [0, 0.1) is 12.8 Å². The Morgan fingerprint density at radius 1 is 1.10 bits per heavy atom. The lowest BCUT2D eigenvalue weighted by atomic mass is 9.96. The van der Waals surface area contributed by atoms with E-state index in [2.05, 4.69) is 34.7 Å². The molecule has 1 saturated heterocycles. The highest BCUT2D eigenvalue weighted by molar-refractivity contribution is 4.99. The van der Waals surface area contributed by atoms with E-state index in [0.717, 1.165) is 12.5 Å². The van der Waals surface area contributed by atoms with Gasteiger partial charge in [0.2, 0.25) is 0 Å². The van der Waals surface area contributed by atoms with Gasteiger partial charge in [-0.15, -0.1) is 0 Å². The molecule has 1 aromatic rings. The third-order valence-electron chi connectivity index (χ3n) is 4.74. The molecule has 0 unspecified atom stereocenters. The van der Waals surface area contributed by atoms with Crippen LogP contribution in [0.4, 0.5) is 0 Å². The monoisotopic (exact) mass is 291 g/mol. The zero-order valence-corrected chi connectivity index (χ0v) is 14.1. The van der Waals surface area contributed by atoms with Gasteiger partial charge in [-0.3, -0.25) is 4.68 Å². The molecule has 0 N–H and O–H groups in total. The Hall–Kier alpha value is -0.830. The van der Waals surface area contributed by atoms with Gasteiger partial charge in [-0.1, -0.05) is 39.0 Å². The molecule has 0 aliphatic carbocycles. The number of rotatable bonds is 9. The summed E-state index contributed by atoms with van der Waals surface area (Å²) in [6, 6.07) is 0. The van der Waals surface area contributed by atoms with Gasteiger partial charge in [-0.05, 0) is 57.3 Å². The predicted molar refractivity (Wildman–Crippen MR) is 89.5 cm³/mol. The molecule has 3 nitrogen and oxygen atoms in total. The van der Waals surface area contributed by atoms with Gasteiger partial charge in [0.25, 0.3) is 0 Å². The largest absolute Gasteiger partial charge is 0.303 e. The summed E-state index contributed by atoms with van der Waals surface area (Å²) in [7, 11) is 0. The Kier molecular flexibility index (Phi) is 7.28. The summed E-state index contributed by atoms with van der Waals surface area (Å²) >= 11 is 0. The minimum Gasteiger partial charge on any atom is -0.303 e. The molecule has 0 bridgehead atoms. The average molecular weight is 291 g/mol. The lowest BCUT2D eigenvalue weighted by Crippen LogP contribution is -2.35. The Labute approximate surface area is 130 Å². The summed E-state index contributed by atoms with van der Waals surface area (Å²) in [6.07, 6.45) is 15.3. The van der Waals surface area contributed by atoms with Crippen LogP contribution in [-0.2, 0) is 6.54 Å². The van der Waals surface area contributed by atoms with Crippen LogP contribution < -0.4 is 0 Å². The SMILES string of the molecule is CCCCCCCCN1CCC(Cn2cc(C)cn2)CC1. The van der Waals surface area contributed by atoms with Gasteiger partial charge in [0.1, 0.15) is 0 Å². The van der Waals surface area contributed by atoms with Crippen molar-refractivity contribution in [2.45, 2.75) is 71.8 Å². The second-order valence-electron chi connectivity index (χ2n) is 6.79. The molecule has 1 aliphatic heterocycles. The van der Waals surface area contributed by atoms with Gasteiger partial charge < -0.3 is 4.90 Å². The summed E-state index contributed by atoms with van der Waals surface area (Å²) < 4.78 is 2.13. The van der Waals surface area contributed by atoms with Crippen LogP contribution in [-0.4, -0.2) is 34.3 Å². The summed E-state index contributed by atoms with van der Waals surface area (Å²) in [6.45, 7) is 9.42. The molecule has 21 heavy (non-hydrogen) atoms. The molecule has 0 saturated carbocycles. The Bertz CT molecular complexity index is 378. The van der Waals surface area contributed by atoms with Crippen LogP contribution in [0.5, 0.6) is 0 Å². The number of aryl methyl sites for hydroxylation is 1. The molecule has 3 heteroatoms. The van der Waals surface area contributed by atoms with E-state index in [1.807, 2.05) is 6.20 Å². The van der Waals surface area contributed by atoms with Gasteiger partial charge >= 0.3 is 0 Å². The molecule has 0 amide bonds. The Balaban J connectivity index is 1.54. The molecule has 0 spiro atoms. The fourth-order valence-electron chi connectivity index (χ4n) is 3.34. The van der Waals surface area contributed by atoms with Crippen molar-refractivity contribution in [1.29, 1.82) is 0 Å². The lowest BCUT2D eigenvalue weighted by molar-refractivity contribution is 0.168. The minimum atomic E-state index is 0.824. The first kappa shape index (κ1) is 16.5. The minimum absolute atomic E-state index is 0.824. The zero-order chi connectivity index (χ0) is 14.9. The van der Waals surface area contributed by atoms with E-state index in [1.165, 1.54) is 76.6 Å². The normalized spacial score (nSPS) is 17.4. The lowest BCUT2D eigenvalue weighted by Gasteiger charge is -2.31. The Morgan fingerprint density at radius 3 is 2.48 bits per heavy atom. The molecule has 0 aromatic carbocycles. The summed E-state index contributed by atoms with van der Waals surface area (Å²) in [4.78, 5) is 2.67. The zero-order valence-electron chi connectivity index (χ0n) is 14.1. The highest BCUT2D eigenvalue weighted by Gasteiger charge is 2.19. The quantitative estimate of drug-likeness (QED) is 0.634. The first-order valence-electron chi connectivity index (χ1n) is 8.99. The fourth-order valence-corrected chi connectivity index (χ4v) is 3.34. The first-order chi connectivity index (χ1) is 10.3. The van der Waals surface area contributed by atoms with Crippen LogP contribution in [0.3, 0.4) is 0 Å². The van der Waals surface area contributed by atoms with Gasteiger partial charge in [-0.2, -0.15) is 5.10 Å². The Morgan fingerprint density at radius 2 is 1.81 bits per heavy atom. The highest BCUT2D eigenvalue weighted by Crippen LogP contribution is 2.19. The van der Waals surface area contributed by atoms with Crippen molar-refractivity contribution in [3.8, 4) is 0 Å². The number of piperidine rings is 1. The molecular formula is C18H33N3. The van der Waals surface area contributed by atoms with Crippen LogP contribution >= 0.6 is 0 Å². The molecule has 2 heterocycles. The predicted octanol–water partition coefficient (Wildman–Crippen LogP) is 4.26. The number of likely N-dealkylation sites (tertiary alicyclic amines) is 1. The fraction of sp³-hybridized carbons (Fsp3) is 0.833. The van der Waals surface area contributed by atoms with Crippen molar-refractivity contribution in [3.63, 3.8) is 0 Å². The molecule has 1 fully saturated rings. The number of aromatic nitrogens is 2. The van der Waals surface area contributed by atoms with Crippen molar-refractivity contribution >= 4 is 0 Å². The summed E-state index contributed by atoms with van der Waals surface area (Å²) in [5.74, 6) is 0.824. The van der Waals surface area contributed by atoms with E-state index in [1.54, 1.807) is 0 Å². The summed E-state index contributed by atoms with van der Waals surface area (Å²) in [5, 5.41) is 4.42. The van der Waals surface area contributed by atoms with Crippen molar-refractivity contribution < 1.29 is 0 Å². The topological polar surface area (TPSA) is 21.1 Å². The van der Waals surface area contributed by atoms with Crippen LogP contribution in [0.2, 0.25) is 0 Å². The van der Waals surface area contributed by atoms with Crippen LogP contribution in [0.15, 0.2) is 12.4 Å². The van der Waals surface area contributed by atoms with E-state index in [9.17, 15) is 0 Å². The maximum absolute atomic E-state index is 4.42. The van der Waals surface area contributed by atoms with Crippen molar-refractivity contribution in [2.24, 2.45) is 5.92 Å². The van der Waals surface area contributed by atoms with Crippen molar-refractivity contribution in [1.82, 2.24) is 14.7 Å². The number of unbranched alkanes of at least 4 members (excludes halogenated alkanes) is 5. The maximum atomic E-state index is 4.42. The van der Waals surface area contributed by atoms with Crippen molar-refractivity contribution in [2.75, 3.05) is 19.6 Å². The smallest absolute Gasteiger partial charge is 0.0518 e. The highest BCUT2D eigenvalue weighted by atomic mass is 15.3. The number of nitrogens with zero attached hydrogens (tertiary/aromatic N) is 3. The number of hydrogen-bond acceptors (Lipinski definition) is 2. The number of hydrogen-bond donors (Lipinski definition) is 0. The van der Waals surface area contributed by atoms with Gasteiger partial charge in [0.15, 0.2) is 0 Å². The van der Waals surface area contributed by atoms with Crippen molar-refractivity contribution in [3.05, 3.63) is 18.0 Å². The molecular weight excluding hydrogens is 258 g/mol. The van der Waals surface area contributed by atoms with E-state index >= 15 is 0 Å². The molecule has 0 atom stereocenters. The van der Waals surface area contributed by atoms with E-state index in [0.29, 0.717) is 0 Å². The second-order valence-corrected chi connectivity index (χ2v) is 6.79. The standard InChI is InChI=1S/C18H33N3/c1-3-4-5-6-7-8-11-20-12-9-18(10-13-20)16-21-15-17(2)14-19-21/h14-15,18H,3-13,16H2,1-2H3. The molecule has 1 aromatic heterocycles. The van der Waals surface area contributed by atoms with Gasteiger partial charge in [0.05, 0.1) is 6.20 Å². The molecule has 1 aliphatic rings. The molecule has 0 radical (unpaired) electrons. The third kappa shape index (κ3) is 6.21. The molecule has 2 rings (SSSR count). The van der Waals surface area contributed by atoms with E-state index in [4.69, 9.17) is 0 Å². The van der Waals surface area contributed by atoms with Crippen LogP contribution in [0.1, 0.15) is 63.9 Å². The van der Waals surface area contributed by atoms with E-state index in [-0.39, 0.29) is 0 Å². The van der Waals surface area contributed by atoms with Crippen LogP contribution in [0.25, 0.3) is 0 Å². The van der Waals surface area contributed by atoms with Gasteiger partial charge in [0, 0.05) is 12.7 Å². The maximum Gasteiger partial charge on any atom is 0.0518 e. The molecule has 120 valence electrons. The first-order valence-corrected chi connectivity index (χ1v) is 8.99. The third-order valence-corrected chi connectivity index (χ3v) is 4.74. The second kappa shape index (κ2) is 9.24. The summed E-state index contributed by atoms with van der Waals surface area (Å²) in [5.41, 5.74) is 1.27.